The summed E-state index contributed by atoms with van der Waals surface area (Å²) in [6, 6.07) is 6.15. The fourth-order valence-corrected chi connectivity index (χ4v) is 2.85. The van der Waals surface area contributed by atoms with Crippen molar-refractivity contribution in [2.45, 2.75) is 32.5 Å². The molecule has 1 aromatic heterocycles. The minimum atomic E-state index is -0.595. The third kappa shape index (κ3) is 3.39. The molecule has 0 saturated heterocycles. The lowest BCUT2D eigenvalue weighted by Crippen LogP contribution is -2.33. The second-order valence-electron chi connectivity index (χ2n) is 4.64. The van der Waals surface area contributed by atoms with Crippen LogP contribution in [0.3, 0.4) is 0 Å². The molecule has 0 bridgehead atoms. The summed E-state index contributed by atoms with van der Waals surface area (Å²) in [6.07, 6.45) is 0. The Morgan fingerprint density at radius 2 is 1.85 bits per heavy atom. The van der Waals surface area contributed by atoms with Crippen LogP contribution in [0.2, 0.25) is 0 Å². The van der Waals surface area contributed by atoms with Gasteiger partial charge in [-0.2, -0.15) is 4.98 Å². The van der Waals surface area contributed by atoms with Crippen LogP contribution in [0.25, 0.3) is 0 Å². The van der Waals surface area contributed by atoms with E-state index in [2.05, 4.69) is 16.0 Å². The molecule has 0 spiro atoms. The quantitative estimate of drug-likeness (QED) is 0.871. The SMILES string of the molecule is CCSc1nc(=O)[nH]c(=O)n1Cc1cc(C)cc(C)c1. The Morgan fingerprint density at radius 3 is 2.45 bits per heavy atom. The van der Waals surface area contributed by atoms with Gasteiger partial charge in [0, 0.05) is 0 Å². The Kier molecular flexibility index (Phi) is 4.44. The van der Waals surface area contributed by atoms with Crippen molar-refractivity contribution >= 4 is 11.8 Å². The van der Waals surface area contributed by atoms with Crippen LogP contribution in [-0.4, -0.2) is 20.3 Å². The van der Waals surface area contributed by atoms with Gasteiger partial charge in [-0.05, 0) is 25.2 Å². The first-order valence-electron chi connectivity index (χ1n) is 6.40. The van der Waals surface area contributed by atoms with Crippen LogP contribution in [0.15, 0.2) is 32.9 Å². The maximum atomic E-state index is 12.0. The molecule has 0 fully saturated rings. The van der Waals surface area contributed by atoms with Gasteiger partial charge in [0.05, 0.1) is 6.54 Å². The van der Waals surface area contributed by atoms with Crippen molar-refractivity contribution < 1.29 is 0 Å². The number of aromatic nitrogens is 3. The maximum absolute atomic E-state index is 12.0. The van der Waals surface area contributed by atoms with Gasteiger partial charge in [0.25, 0.3) is 0 Å². The third-order valence-electron chi connectivity index (χ3n) is 2.78. The number of rotatable bonds is 4. The fraction of sp³-hybridized carbons (Fsp3) is 0.357. The van der Waals surface area contributed by atoms with E-state index < -0.39 is 11.4 Å². The molecule has 0 aliphatic heterocycles. The van der Waals surface area contributed by atoms with Crippen molar-refractivity contribution in [3.05, 3.63) is 55.9 Å². The molecule has 0 saturated carbocycles. The van der Waals surface area contributed by atoms with Crippen LogP contribution in [-0.2, 0) is 6.54 Å². The van der Waals surface area contributed by atoms with Crippen LogP contribution in [0.4, 0.5) is 0 Å². The highest BCUT2D eigenvalue weighted by atomic mass is 32.2. The Labute approximate surface area is 121 Å². The number of hydrogen-bond donors (Lipinski definition) is 1. The number of thioether (sulfide) groups is 1. The van der Waals surface area contributed by atoms with Gasteiger partial charge in [-0.15, -0.1) is 0 Å². The van der Waals surface area contributed by atoms with E-state index in [1.807, 2.05) is 32.9 Å². The molecular formula is C14H17N3O2S. The summed E-state index contributed by atoms with van der Waals surface area (Å²) in [5.74, 6) is 0.753. The molecule has 2 rings (SSSR count). The monoisotopic (exact) mass is 291 g/mol. The molecule has 0 aliphatic carbocycles. The van der Waals surface area contributed by atoms with Crippen molar-refractivity contribution in [2.24, 2.45) is 0 Å². The summed E-state index contributed by atoms with van der Waals surface area (Å²) in [7, 11) is 0. The van der Waals surface area contributed by atoms with Crippen molar-refractivity contribution in [3.63, 3.8) is 0 Å². The van der Waals surface area contributed by atoms with E-state index in [1.165, 1.54) is 16.3 Å². The van der Waals surface area contributed by atoms with Crippen molar-refractivity contribution in [1.82, 2.24) is 14.5 Å². The summed E-state index contributed by atoms with van der Waals surface area (Å²) in [5.41, 5.74) is 2.31. The number of nitrogens with zero attached hydrogens (tertiary/aromatic N) is 2. The smallest absolute Gasteiger partial charge is 0.268 e. The van der Waals surface area contributed by atoms with E-state index in [-0.39, 0.29) is 0 Å². The van der Waals surface area contributed by atoms with Gasteiger partial charge in [-0.25, -0.2) is 9.59 Å². The lowest BCUT2D eigenvalue weighted by Gasteiger charge is -2.11. The maximum Gasteiger partial charge on any atom is 0.351 e. The summed E-state index contributed by atoms with van der Waals surface area (Å²) in [6.45, 7) is 6.41. The number of aromatic amines is 1. The molecule has 0 amide bonds. The number of aryl methyl sites for hydroxylation is 2. The zero-order valence-electron chi connectivity index (χ0n) is 11.8. The molecule has 6 heteroatoms. The van der Waals surface area contributed by atoms with Crippen LogP contribution in [0, 0.1) is 13.8 Å². The van der Waals surface area contributed by atoms with E-state index in [0.717, 1.165) is 22.4 Å². The van der Waals surface area contributed by atoms with Crippen LogP contribution < -0.4 is 11.4 Å². The van der Waals surface area contributed by atoms with Crippen molar-refractivity contribution in [2.75, 3.05) is 5.75 Å². The molecule has 1 aromatic carbocycles. The predicted molar refractivity (Wildman–Crippen MR) is 80.5 cm³/mol. The molecular weight excluding hydrogens is 274 g/mol. The minimum Gasteiger partial charge on any atom is -0.268 e. The highest BCUT2D eigenvalue weighted by Crippen LogP contribution is 2.14. The molecule has 0 radical (unpaired) electrons. The van der Waals surface area contributed by atoms with Gasteiger partial charge in [0.1, 0.15) is 0 Å². The Morgan fingerprint density at radius 1 is 1.20 bits per heavy atom. The number of H-pyrrole nitrogens is 1. The van der Waals surface area contributed by atoms with Gasteiger partial charge in [0.15, 0.2) is 5.16 Å². The molecule has 1 N–H and O–H groups in total. The molecule has 106 valence electrons. The lowest BCUT2D eigenvalue weighted by molar-refractivity contribution is 0.602. The Bertz CT molecular complexity index is 714. The van der Waals surface area contributed by atoms with Crippen LogP contribution >= 0.6 is 11.8 Å². The topological polar surface area (TPSA) is 67.8 Å². The molecule has 5 nitrogen and oxygen atoms in total. The van der Waals surface area contributed by atoms with E-state index in [0.29, 0.717) is 11.7 Å². The predicted octanol–water partition coefficient (Wildman–Crippen LogP) is 1.71. The van der Waals surface area contributed by atoms with Gasteiger partial charge >= 0.3 is 11.4 Å². The second-order valence-corrected chi connectivity index (χ2v) is 5.88. The van der Waals surface area contributed by atoms with Gasteiger partial charge in [0.2, 0.25) is 0 Å². The van der Waals surface area contributed by atoms with Crippen molar-refractivity contribution in [1.29, 1.82) is 0 Å². The highest BCUT2D eigenvalue weighted by molar-refractivity contribution is 7.99. The third-order valence-corrected chi connectivity index (χ3v) is 3.64. The van der Waals surface area contributed by atoms with Gasteiger partial charge < -0.3 is 0 Å². The molecule has 0 unspecified atom stereocenters. The fourth-order valence-electron chi connectivity index (χ4n) is 2.14. The van der Waals surface area contributed by atoms with Gasteiger partial charge in [-0.1, -0.05) is 48.0 Å². The lowest BCUT2D eigenvalue weighted by atomic mass is 10.1. The van der Waals surface area contributed by atoms with E-state index in [9.17, 15) is 9.59 Å². The Balaban J connectivity index is 2.47. The molecule has 2 aromatic rings. The zero-order chi connectivity index (χ0) is 14.7. The second kappa shape index (κ2) is 6.09. The first kappa shape index (κ1) is 14.6. The molecule has 1 heterocycles. The number of benzene rings is 1. The average molecular weight is 291 g/mol. The number of hydrogen-bond acceptors (Lipinski definition) is 4. The zero-order valence-corrected chi connectivity index (χ0v) is 12.6. The molecule has 0 aliphatic rings. The molecule has 20 heavy (non-hydrogen) atoms. The average Bonchev–Trinajstić information content (AvgIpc) is 2.32. The van der Waals surface area contributed by atoms with E-state index in [1.54, 1.807) is 0 Å². The van der Waals surface area contributed by atoms with Gasteiger partial charge in [-0.3, -0.25) is 9.55 Å². The highest BCUT2D eigenvalue weighted by Gasteiger charge is 2.09. The normalized spacial score (nSPS) is 10.8. The minimum absolute atomic E-state index is 0.410. The van der Waals surface area contributed by atoms with Crippen molar-refractivity contribution in [3.8, 4) is 0 Å². The first-order chi connectivity index (χ1) is 9.49. The Hall–Kier alpha value is -1.82. The van der Waals surface area contributed by atoms with Crippen LogP contribution in [0.5, 0.6) is 0 Å². The largest absolute Gasteiger partial charge is 0.351 e. The number of nitrogens with one attached hydrogen (secondary N) is 1. The summed E-state index contributed by atoms with van der Waals surface area (Å²) >= 11 is 1.39. The first-order valence-corrected chi connectivity index (χ1v) is 7.39. The van der Waals surface area contributed by atoms with E-state index in [4.69, 9.17) is 0 Å². The summed E-state index contributed by atoms with van der Waals surface area (Å²) in [4.78, 5) is 29.4. The van der Waals surface area contributed by atoms with Crippen LogP contribution in [0.1, 0.15) is 23.6 Å². The van der Waals surface area contributed by atoms with E-state index >= 15 is 0 Å². The molecule has 0 atom stereocenters. The summed E-state index contributed by atoms with van der Waals surface area (Å²) in [5, 5.41) is 0.459. The summed E-state index contributed by atoms with van der Waals surface area (Å²) < 4.78 is 1.50. The standard InChI is InChI=1S/C14H17N3O2S/c1-4-20-14-16-12(18)15-13(19)17(14)8-11-6-9(2)5-10(3)7-11/h5-7H,4,8H2,1-3H3,(H,15,18,19).